The van der Waals surface area contributed by atoms with Gasteiger partial charge in [-0.3, -0.25) is 4.57 Å². The Morgan fingerprint density at radius 3 is 2.55 bits per heavy atom. The van der Waals surface area contributed by atoms with E-state index in [1.807, 2.05) is 0 Å². The molecule has 0 unspecified atom stereocenters. The maximum absolute atomic E-state index is 13.8. The summed E-state index contributed by atoms with van der Waals surface area (Å²) >= 11 is 0. The van der Waals surface area contributed by atoms with Gasteiger partial charge in [-0.1, -0.05) is 6.92 Å². The Hall–Kier alpha value is -1.54. The summed E-state index contributed by atoms with van der Waals surface area (Å²) in [5.74, 6) is -1.60. The van der Waals surface area contributed by atoms with Crippen molar-refractivity contribution in [3.05, 3.63) is 29.8 Å². The summed E-state index contributed by atoms with van der Waals surface area (Å²) in [5.41, 5.74) is -0.0427. The Kier molecular flexibility index (Phi) is 4.05. The second-order valence-corrected chi connectivity index (χ2v) is 6.48. The number of aromatic nitrogens is 3. The highest BCUT2D eigenvalue weighted by Crippen LogP contribution is 2.25. The molecule has 0 aliphatic carbocycles. The molecule has 9 heteroatoms. The predicted octanol–water partition coefficient (Wildman–Crippen LogP) is 2.56. The number of rotatable bonds is 4. The van der Waals surface area contributed by atoms with Gasteiger partial charge in [0.15, 0.2) is 5.82 Å². The Balaban J connectivity index is 2.66. The summed E-state index contributed by atoms with van der Waals surface area (Å²) in [6.45, 7) is 2.04. The lowest BCUT2D eigenvalue weighted by Gasteiger charge is -2.08. The van der Waals surface area contributed by atoms with Crippen LogP contribution in [0.3, 0.4) is 0 Å². The molecule has 1 aromatic heterocycles. The Bertz CT molecular complexity index is 746. The third-order valence-electron chi connectivity index (χ3n) is 2.55. The zero-order valence-electron chi connectivity index (χ0n) is 10.3. The van der Waals surface area contributed by atoms with E-state index in [-0.39, 0.29) is 17.9 Å². The molecule has 1 heterocycles. The Labute approximate surface area is 118 Å². The molecule has 1 aromatic carbocycles. The summed E-state index contributed by atoms with van der Waals surface area (Å²) in [4.78, 5) is 0. The summed E-state index contributed by atoms with van der Waals surface area (Å²) < 4.78 is 50.7. The van der Waals surface area contributed by atoms with E-state index in [9.17, 15) is 17.2 Å². The van der Waals surface area contributed by atoms with Crippen molar-refractivity contribution >= 4 is 19.7 Å². The number of nitrogens with zero attached hydrogens (tertiary/aromatic N) is 3. The molecule has 0 bridgehead atoms. The summed E-state index contributed by atoms with van der Waals surface area (Å²) in [6.07, 6.45) is 0.563. The second-order valence-electron chi connectivity index (χ2n) is 4.02. The van der Waals surface area contributed by atoms with E-state index >= 15 is 0 Å². The molecule has 0 atom stereocenters. The van der Waals surface area contributed by atoms with E-state index in [1.165, 1.54) is 10.6 Å². The smallest absolute Gasteiger partial charge is 0.296 e. The van der Waals surface area contributed by atoms with Gasteiger partial charge in [0.05, 0.1) is 5.56 Å². The molecule has 0 fully saturated rings. The van der Waals surface area contributed by atoms with Gasteiger partial charge in [0.2, 0.25) is 0 Å². The number of halogens is 3. The van der Waals surface area contributed by atoms with Crippen LogP contribution in [0.15, 0.2) is 23.4 Å². The van der Waals surface area contributed by atoms with Crippen molar-refractivity contribution in [3.8, 4) is 11.4 Å². The van der Waals surface area contributed by atoms with Gasteiger partial charge >= 0.3 is 0 Å². The van der Waals surface area contributed by atoms with Gasteiger partial charge in [-0.2, -0.15) is 0 Å². The maximum Gasteiger partial charge on any atom is 0.296 e. The maximum atomic E-state index is 13.8. The van der Waals surface area contributed by atoms with Crippen LogP contribution < -0.4 is 0 Å². The summed E-state index contributed by atoms with van der Waals surface area (Å²) in [6, 6.07) is 2.92. The van der Waals surface area contributed by atoms with E-state index < -0.39 is 25.8 Å². The second kappa shape index (κ2) is 5.45. The molecular formula is C11H10ClF2N3O2S. The Morgan fingerprint density at radius 2 is 2.00 bits per heavy atom. The molecule has 0 aliphatic rings. The highest BCUT2D eigenvalue weighted by molar-refractivity contribution is 8.13. The van der Waals surface area contributed by atoms with Gasteiger partial charge in [-0.15, -0.1) is 10.2 Å². The topological polar surface area (TPSA) is 64.8 Å². The SMILES string of the molecule is CCCn1c(-c2ccc(F)cc2F)nnc1S(=O)(=O)Cl. The third-order valence-corrected chi connectivity index (χ3v) is 3.71. The first-order chi connectivity index (χ1) is 9.34. The zero-order chi connectivity index (χ0) is 14.9. The predicted molar refractivity (Wildman–Crippen MR) is 68.7 cm³/mol. The van der Waals surface area contributed by atoms with Crippen molar-refractivity contribution in [1.82, 2.24) is 14.8 Å². The average molecular weight is 322 g/mol. The first-order valence-corrected chi connectivity index (χ1v) is 7.98. The van der Waals surface area contributed by atoms with Gasteiger partial charge in [0.1, 0.15) is 11.6 Å². The van der Waals surface area contributed by atoms with E-state index in [1.54, 1.807) is 6.92 Å². The van der Waals surface area contributed by atoms with Crippen molar-refractivity contribution < 1.29 is 17.2 Å². The number of hydrogen-bond donors (Lipinski definition) is 0. The van der Waals surface area contributed by atoms with E-state index in [0.29, 0.717) is 12.5 Å². The van der Waals surface area contributed by atoms with Crippen molar-refractivity contribution in [2.75, 3.05) is 0 Å². The highest BCUT2D eigenvalue weighted by Gasteiger charge is 2.24. The number of benzene rings is 1. The third kappa shape index (κ3) is 2.80. The van der Waals surface area contributed by atoms with Crippen molar-refractivity contribution in [2.45, 2.75) is 25.0 Å². The van der Waals surface area contributed by atoms with E-state index in [2.05, 4.69) is 10.2 Å². The lowest BCUT2D eigenvalue weighted by molar-refractivity contribution is 0.565. The van der Waals surface area contributed by atoms with Crippen molar-refractivity contribution in [3.63, 3.8) is 0 Å². The molecule has 0 aliphatic heterocycles. The minimum absolute atomic E-state index is 0.0106. The molecule has 5 nitrogen and oxygen atoms in total. The van der Waals surface area contributed by atoms with Gasteiger partial charge < -0.3 is 0 Å². The van der Waals surface area contributed by atoms with Gasteiger partial charge in [0, 0.05) is 23.3 Å². The molecule has 108 valence electrons. The molecule has 2 aromatic rings. The lowest BCUT2D eigenvalue weighted by Crippen LogP contribution is -2.08. The zero-order valence-corrected chi connectivity index (χ0v) is 11.9. The van der Waals surface area contributed by atoms with Crippen molar-refractivity contribution in [1.29, 1.82) is 0 Å². The largest absolute Gasteiger partial charge is 0.297 e. The van der Waals surface area contributed by atoms with E-state index in [0.717, 1.165) is 6.07 Å². The van der Waals surface area contributed by atoms with Gasteiger partial charge in [0.25, 0.3) is 14.2 Å². The van der Waals surface area contributed by atoms with Crippen molar-refractivity contribution in [2.24, 2.45) is 0 Å². The molecule has 0 spiro atoms. The molecule has 2 rings (SSSR count). The lowest BCUT2D eigenvalue weighted by atomic mass is 10.2. The molecule has 0 saturated heterocycles. The minimum Gasteiger partial charge on any atom is -0.297 e. The summed E-state index contributed by atoms with van der Waals surface area (Å²) in [5, 5.41) is 6.67. The van der Waals surface area contributed by atoms with Gasteiger partial charge in [-0.05, 0) is 18.6 Å². The summed E-state index contributed by atoms with van der Waals surface area (Å²) in [7, 11) is 1.16. The molecule has 0 radical (unpaired) electrons. The van der Waals surface area contributed by atoms with Crippen LogP contribution in [-0.4, -0.2) is 23.2 Å². The van der Waals surface area contributed by atoms with Crippen LogP contribution >= 0.6 is 10.7 Å². The monoisotopic (exact) mass is 321 g/mol. The van der Waals surface area contributed by atoms with Crippen LogP contribution in [0.5, 0.6) is 0 Å². The molecule has 0 N–H and O–H groups in total. The first-order valence-electron chi connectivity index (χ1n) is 5.68. The standard InChI is InChI=1S/C11H10ClF2N3O2S/c1-2-5-17-10(15-16-11(17)20(12,18)19)8-4-3-7(13)6-9(8)14/h3-4,6H,2,5H2,1H3. The van der Waals surface area contributed by atoms with E-state index in [4.69, 9.17) is 10.7 Å². The van der Waals surface area contributed by atoms with Crippen LogP contribution in [0.1, 0.15) is 13.3 Å². The molecule has 0 amide bonds. The minimum atomic E-state index is -4.10. The fraction of sp³-hybridized carbons (Fsp3) is 0.273. The van der Waals surface area contributed by atoms with Gasteiger partial charge in [-0.25, -0.2) is 17.2 Å². The van der Waals surface area contributed by atoms with Crippen LogP contribution in [0.25, 0.3) is 11.4 Å². The van der Waals surface area contributed by atoms with Crippen LogP contribution in [-0.2, 0) is 15.6 Å². The highest BCUT2D eigenvalue weighted by atomic mass is 35.7. The van der Waals surface area contributed by atoms with Crippen LogP contribution in [0, 0.1) is 11.6 Å². The average Bonchev–Trinajstić information content (AvgIpc) is 2.73. The number of hydrogen-bond acceptors (Lipinski definition) is 4. The normalized spacial score (nSPS) is 11.8. The van der Waals surface area contributed by atoms with Crippen LogP contribution in [0.4, 0.5) is 8.78 Å². The first kappa shape index (κ1) is 14.9. The quantitative estimate of drug-likeness (QED) is 0.812. The fourth-order valence-electron chi connectivity index (χ4n) is 1.76. The Morgan fingerprint density at radius 1 is 1.30 bits per heavy atom. The molecule has 20 heavy (non-hydrogen) atoms. The molecular weight excluding hydrogens is 312 g/mol. The van der Waals surface area contributed by atoms with Crippen LogP contribution in [0.2, 0.25) is 0 Å². The molecule has 0 saturated carbocycles. The fourth-order valence-corrected chi connectivity index (χ4v) is 2.69.